The molecule has 5 nitrogen and oxygen atoms in total. The number of rotatable bonds is 5. The van der Waals surface area contributed by atoms with E-state index in [4.69, 9.17) is 9.97 Å². The number of aromatic nitrogens is 4. The molecule has 0 spiro atoms. The van der Waals surface area contributed by atoms with Gasteiger partial charge in [-0.05, 0) is 32.3 Å². The molecular formula is C15H23N5. The van der Waals surface area contributed by atoms with E-state index >= 15 is 0 Å². The molecule has 2 heterocycles. The fraction of sp³-hybridized carbons (Fsp3) is 0.533. The van der Waals surface area contributed by atoms with Crippen LogP contribution in [0.4, 0.5) is 5.82 Å². The van der Waals surface area contributed by atoms with Gasteiger partial charge >= 0.3 is 0 Å². The predicted molar refractivity (Wildman–Crippen MR) is 83.9 cm³/mol. The lowest BCUT2D eigenvalue weighted by Crippen LogP contribution is -2.08. The minimum absolute atomic E-state index is 0.311. The summed E-state index contributed by atoms with van der Waals surface area (Å²) in [6.45, 7) is 12.4. The molecule has 0 radical (unpaired) electrons. The van der Waals surface area contributed by atoms with Gasteiger partial charge in [-0.1, -0.05) is 20.4 Å². The van der Waals surface area contributed by atoms with Gasteiger partial charge in [-0.15, -0.1) is 0 Å². The number of allylic oxidation sites excluding steroid dienone is 1. The van der Waals surface area contributed by atoms with Crippen LogP contribution in [0.15, 0.2) is 6.58 Å². The molecular weight excluding hydrogens is 250 g/mol. The summed E-state index contributed by atoms with van der Waals surface area (Å²) in [6, 6.07) is 0.311. The quantitative estimate of drug-likeness (QED) is 0.904. The maximum Gasteiger partial charge on any atom is 0.179 e. The molecule has 0 fully saturated rings. The lowest BCUT2D eigenvalue weighted by molar-refractivity contribution is 0.487. The molecule has 0 aliphatic carbocycles. The molecule has 5 heteroatoms. The molecule has 0 amide bonds. The van der Waals surface area contributed by atoms with Crippen LogP contribution in [-0.2, 0) is 0 Å². The topological polar surface area (TPSA) is 55.6 Å². The summed E-state index contributed by atoms with van der Waals surface area (Å²) in [6.07, 6.45) is 1.86. The van der Waals surface area contributed by atoms with Crippen LogP contribution in [0.1, 0.15) is 51.0 Å². The number of nitrogens with zero attached hydrogens (tertiary/aromatic N) is 4. The van der Waals surface area contributed by atoms with Crippen molar-refractivity contribution in [1.29, 1.82) is 0 Å². The van der Waals surface area contributed by atoms with Gasteiger partial charge in [-0.3, -0.25) is 0 Å². The zero-order valence-corrected chi connectivity index (χ0v) is 13.0. The highest BCUT2D eigenvalue weighted by atomic mass is 15.3. The number of anilines is 1. The molecule has 2 rings (SSSR count). The van der Waals surface area contributed by atoms with Crippen molar-refractivity contribution >= 4 is 22.6 Å². The van der Waals surface area contributed by atoms with Gasteiger partial charge in [0.15, 0.2) is 11.5 Å². The average Bonchev–Trinajstić information content (AvgIpc) is 2.80. The van der Waals surface area contributed by atoms with Crippen molar-refractivity contribution < 1.29 is 0 Å². The van der Waals surface area contributed by atoms with E-state index < -0.39 is 0 Å². The summed E-state index contributed by atoms with van der Waals surface area (Å²) in [7, 11) is 1.86. The number of hydrogen-bond donors (Lipinski definition) is 1. The van der Waals surface area contributed by atoms with E-state index in [-0.39, 0.29) is 0 Å². The van der Waals surface area contributed by atoms with E-state index in [1.165, 1.54) is 0 Å². The van der Waals surface area contributed by atoms with Crippen molar-refractivity contribution in [3.8, 4) is 0 Å². The minimum Gasteiger partial charge on any atom is -0.371 e. The zero-order valence-electron chi connectivity index (χ0n) is 13.0. The molecule has 1 N–H and O–H groups in total. The molecule has 2 aromatic rings. The third kappa shape index (κ3) is 2.28. The van der Waals surface area contributed by atoms with Gasteiger partial charge in [0.05, 0.1) is 11.7 Å². The predicted octanol–water partition coefficient (Wildman–Crippen LogP) is 3.57. The first-order chi connectivity index (χ1) is 9.53. The smallest absolute Gasteiger partial charge is 0.179 e. The maximum absolute atomic E-state index is 4.75. The van der Waals surface area contributed by atoms with Crippen LogP contribution < -0.4 is 5.32 Å². The number of hydrogen-bond acceptors (Lipinski definition) is 4. The van der Waals surface area contributed by atoms with E-state index in [0.29, 0.717) is 6.04 Å². The van der Waals surface area contributed by atoms with Gasteiger partial charge in [0.2, 0.25) is 0 Å². The van der Waals surface area contributed by atoms with E-state index in [1.54, 1.807) is 0 Å². The SMILES string of the molecule is C=C(CC)c1nc2c(C)nn(C(C)CC)c2nc1NC. The fourth-order valence-corrected chi connectivity index (χ4v) is 2.15. The molecule has 0 bridgehead atoms. The highest BCUT2D eigenvalue weighted by molar-refractivity contribution is 5.81. The third-order valence-corrected chi connectivity index (χ3v) is 3.70. The van der Waals surface area contributed by atoms with Crippen LogP contribution in [-0.4, -0.2) is 26.8 Å². The Bertz CT molecular complexity index is 641. The summed E-state index contributed by atoms with van der Waals surface area (Å²) in [4.78, 5) is 9.46. The van der Waals surface area contributed by atoms with Crippen LogP contribution >= 0.6 is 0 Å². The first kappa shape index (κ1) is 14.5. The highest BCUT2D eigenvalue weighted by Crippen LogP contribution is 2.27. The Hall–Kier alpha value is -1.91. The normalized spacial score (nSPS) is 12.7. The number of fused-ring (bicyclic) bond motifs is 1. The summed E-state index contributed by atoms with van der Waals surface area (Å²) >= 11 is 0. The Balaban J connectivity index is 2.72. The second-order valence-electron chi connectivity index (χ2n) is 5.09. The third-order valence-electron chi connectivity index (χ3n) is 3.70. The van der Waals surface area contributed by atoms with Crippen LogP contribution in [0.2, 0.25) is 0 Å². The monoisotopic (exact) mass is 273 g/mol. The second kappa shape index (κ2) is 5.61. The van der Waals surface area contributed by atoms with E-state index in [2.05, 4.69) is 37.8 Å². The fourth-order valence-electron chi connectivity index (χ4n) is 2.15. The van der Waals surface area contributed by atoms with Crippen LogP contribution in [0, 0.1) is 6.92 Å². The standard InChI is InChI=1S/C15H23N5/c1-7-9(3)12-14(16-6)18-15-13(17-12)11(5)19-20(15)10(4)8-2/h10H,3,7-8H2,1-2,4-6H3,(H,16,18). The molecule has 0 aliphatic rings. The van der Waals surface area contributed by atoms with Gasteiger partial charge < -0.3 is 5.32 Å². The molecule has 1 atom stereocenters. The minimum atomic E-state index is 0.311. The second-order valence-corrected chi connectivity index (χ2v) is 5.09. The van der Waals surface area contributed by atoms with Gasteiger partial charge in [0.1, 0.15) is 11.2 Å². The first-order valence-corrected chi connectivity index (χ1v) is 7.16. The molecule has 0 aromatic carbocycles. The molecule has 1 unspecified atom stereocenters. The Kier molecular flexibility index (Phi) is 4.06. The van der Waals surface area contributed by atoms with E-state index in [1.807, 2.05) is 18.7 Å². The number of aryl methyl sites for hydroxylation is 1. The Morgan fingerprint density at radius 1 is 1.35 bits per heavy atom. The summed E-state index contributed by atoms with van der Waals surface area (Å²) in [5.41, 5.74) is 4.46. The molecule has 0 saturated heterocycles. The summed E-state index contributed by atoms with van der Waals surface area (Å²) < 4.78 is 1.97. The molecule has 108 valence electrons. The highest BCUT2D eigenvalue weighted by Gasteiger charge is 2.18. The largest absolute Gasteiger partial charge is 0.371 e. The number of nitrogens with one attached hydrogen (secondary N) is 1. The zero-order chi connectivity index (χ0) is 14.9. The van der Waals surface area contributed by atoms with Crippen LogP contribution in [0.3, 0.4) is 0 Å². The van der Waals surface area contributed by atoms with Gasteiger partial charge in [0.25, 0.3) is 0 Å². The summed E-state index contributed by atoms with van der Waals surface area (Å²) in [5, 5.41) is 7.72. The molecule has 2 aromatic heterocycles. The molecule has 0 saturated carbocycles. The van der Waals surface area contributed by atoms with E-state index in [0.717, 1.165) is 46.8 Å². The van der Waals surface area contributed by atoms with Gasteiger partial charge in [-0.2, -0.15) is 5.10 Å². The molecule has 0 aliphatic heterocycles. The van der Waals surface area contributed by atoms with Crippen molar-refractivity contribution in [1.82, 2.24) is 19.7 Å². The van der Waals surface area contributed by atoms with Crippen molar-refractivity contribution in [3.05, 3.63) is 18.0 Å². The van der Waals surface area contributed by atoms with E-state index in [9.17, 15) is 0 Å². The van der Waals surface area contributed by atoms with Gasteiger partial charge in [-0.25, -0.2) is 14.6 Å². The van der Waals surface area contributed by atoms with Crippen molar-refractivity contribution in [3.63, 3.8) is 0 Å². The average molecular weight is 273 g/mol. The Morgan fingerprint density at radius 3 is 2.60 bits per heavy atom. The Labute approximate surface area is 120 Å². The summed E-state index contributed by atoms with van der Waals surface area (Å²) in [5.74, 6) is 0.772. The maximum atomic E-state index is 4.75. The lowest BCUT2D eigenvalue weighted by atomic mass is 10.1. The molecule has 20 heavy (non-hydrogen) atoms. The first-order valence-electron chi connectivity index (χ1n) is 7.16. The van der Waals surface area contributed by atoms with Crippen molar-refractivity contribution in [2.24, 2.45) is 0 Å². The van der Waals surface area contributed by atoms with Crippen LogP contribution in [0.25, 0.3) is 16.7 Å². The van der Waals surface area contributed by atoms with Crippen molar-refractivity contribution in [2.75, 3.05) is 12.4 Å². The van der Waals surface area contributed by atoms with Crippen LogP contribution in [0.5, 0.6) is 0 Å². The van der Waals surface area contributed by atoms with Gasteiger partial charge in [0, 0.05) is 7.05 Å². The lowest BCUT2D eigenvalue weighted by Gasteiger charge is -2.12. The van der Waals surface area contributed by atoms with Crippen molar-refractivity contribution in [2.45, 2.75) is 46.6 Å². The Morgan fingerprint density at radius 2 is 2.05 bits per heavy atom.